The van der Waals surface area contributed by atoms with Gasteiger partial charge in [-0.1, -0.05) is 13.8 Å². The summed E-state index contributed by atoms with van der Waals surface area (Å²) < 4.78 is 0. The lowest BCUT2D eigenvalue weighted by molar-refractivity contribution is -0.117. The summed E-state index contributed by atoms with van der Waals surface area (Å²) in [5, 5.41) is 2.20. The lowest BCUT2D eigenvalue weighted by Gasteiger charge is -2.25. The van der Waals surface area contributed by atoms with Crippen molar-refractivity contribution >= 4 is 23.5 Å². The molecule has 0 fully saturated rings. The van der Waals surface area contributed by atoms with Gasteiger partial charge in [-0.2, -0.15) is 0 Å². The second kappa shape index (κ2) is 6.67. The third-order valence-corrected chi connectivity index (χ3v) is 2.40. The molecule has 0 saturated carbocycles. The highest BCUT2D eigenvalue weighted by Crippen LogP contribution is 2.09. The molecule has 0 saturated heterocycles. The highest BCUT2D eigenvalue weighted by atomic mass is 35.5. The minimum absolute atomic E-state index is 0.105. The van der Waals surface area contributed by atoms with Gasteiger partial charge in [-0.3, -0.25) is 10.1 Å². The van der Waals surface area contributed by atoms with Crippen LogP contribution in [0.4, 0.5) is 4.79 Å². The maximum absolute atomic E-state index is 11.5. The summed E-state index contributed by atoms with van der Waals surface area (Å²) in [4.78, 5) is 23.9. The standard InChI is InChI=1S/C10H19ClN2O2/c1-7(2)5-8(3)13(4)10(15)12-9(14)6-11/h7-8H,5-6H2,1-4H3,(H,12,14,15). The third kappa shape index (κ3) is 5.62. The van der Waals surface area contributed by atoms with Crippen LogP contribution in [-0.2, 0) is 4.79 Å². The van der Waals surface area contributed by atoms with Crippen LogP contribution < -0.4 is 5.32 Å². The fourth-order valence-electron chi connectivity index (χ4n) is 1.28. The van der Waals surface area contributed by atoms with E-state index in [4.69, 9.17) is 11.6 Å². The van der Waals surface area contributed by atoms with E-state index in [9.17, 15) is 9.59 Å². The average molecular weight is 235 g/mol. The van der Waals surface area contributed by atoms with Gasteiger partial charge in [0.2, 0.25) is 5.91 Å². The van der Waals surface area contributed by atoms with Crippen molar-refractivity contribution in [3.63, 3.8) is 0 Å². The zero-order valence-electron chi connectivity index (χ0n) is 9.71. The predicted octanol–water partition coefficient (Wildman–Crippen LogP) is 1.83. The normalized spacial score (nSPS) is 12.4. The largest absolute Gasteiger partial charge is 0.325 e. The molecule has 0 aromatic carbocycles. The molecule has 0 aromatic heterocycles. The molecule has 0 aliphatic carbocycles. The second-order valence-corrected chi connectivity index (χ2v) is 4.34. The number of urea groups is 1. The fourth-order valence-corrected chi connectivity index (χ4v) is 1.35. The predicted molar refractivity (Wildman–Crippen MR) is 60.9 cm³/mol. The second-order valence-electron chi connectivity index (χ2n) is 4.08. The van der Waals surface area contributed by atoms with Gasteiger partial charge in [0.1, 0.15) is 5.88 Å². The molecular weight excluding hydrogens is 216 g/mol. The molecule has 5 heteroatoms. The van der Waals surface area contributed by atoms with Crippen LogP contribution >= 0.6 is 11.6 Å². The molecule has 0 rings (SSSR count). The van der Waals surface area contributed by atoms with E-state index in [1.54, 1.807) is 7.05 Å². The maximum atomic E-state index is 11.5. The molecule has 4 nitrogen and oxygen atoms in total. The number of hydrogen-bond donors (Lipinski definition) is 1. The van der Waals surface area contributed by atoms with Crippen molar-refractivity contribution in [1.29, 1.82) is 0 Å². The van der Waals surface area contributed by atoms with Crippen molar-refractivity contribution in [1.82, 2.24) is 10.2 Å². The number of halogens is 1. The summed E-state index contributed by atoms with van der Waals surface area (Å²) in [7, 11) is 1.67. The van der Waals surface area contributed by atoms with Crippen LogP contribution in [0.5, 0.6) is 0 Å². The van der Waals surface area contributed by atoms with E-state index in [-0.39, 0.29) is 11.9 Å². The van der Waals surface area contributed by atoms with Crippen molar-refractivity contribution in [2.24, 2.45) is 5.92 Å². The number of hydrogen-bond acceptors (Lipinski definition) is 2. The highest BCUT2D eigenvalue weighted by Gasteiger charge is 2.17. The van der Waals surface area contributed by atoms with Gasteiger partial charge < -0.3 is 4.90 Å². The molecule has 15 heavy (non-hydrogen) atoms. The molecule has 1 atom stereocenters. The topological polar surface area (TPSA) is 49.4 Å². The first kappa shape index (κ1) is 14.2. The van der Waals surface area contributed by atoms with E-state index < -0.39 is 11.9 Å². The Morgan fingerprint density at radius 2 is 1.87 bits per heavy atom. The lowest BCUT2D eigenvalue weighted by atomic mass is 10.0. The zero-order chi connectivity index (χ0) is 12.0. The molecule has 0 aliphatic rings. The molecule has 0 spiro atoms. The summed E-state index contributed by atoms with van der Waals surface area (Å²) in [6.07, 6.45) is 0.902. The molecule has 88 valence electrons. The molecular formula is C10H19ClN2O2. The number of rotatable bonds is 4. The Kier molecular flexibility index (Phi) is 6.32. The minimum Gasteiger partial charge on any atom is -0.325 e. The highest BCUT2D eigenvalue weighted by molar-refractivity contribution is 6.28. The summed E-state index contributed by atoms with van der Waals surface area (Å²) >= 11 is 5.28. The first-order chi connectivity index (χ1) is 6.88. The number of carbonyl (C=O) groups is 2. The Balaban J connectivity index is 4.13. The van der Waals surface area contributed by atoms with Crippen LogP contribution in [0.25, 0.3) is 0 Å². The van der Waals surface area contributed by atoms with Crippen LogP contribution in [-0.4, -0.2) is 35.8 Å². The van der Waals surface area contributed by atoms with Crippen LogP contribution in [0.2, 0.25) is 0 Å². The molecule has 0 radical (unpaired) electrons. The smallest absolute Gasteiger partial charge is 0.324 e. The van der Waals surface area contributed by atoms with Gasteiger partial charge in [-0.25, -0.2) is 4.79 Å². The average Bonchev–Trinajstić information content (AvgIpc) is 2.15. The van der Waals surface area contributed by atoms with Gasteiger partial charge in [0, 0.05) is 13.1 Å². The summed E-state index contributed by atoms with van der Waals surface area (Å²) in [6, 6.07) is -0.290. The van der Waals surface area contributed by atoms with E-state index >= 15 is 0 Å². The number of alkyl halides is 1. The van der Waals surface area contributed by atoms with E-state index in [0.717, 1.165) is 6.42 Å². The molecule has 0 heterocycles. The molecule has 0 bridgehead atoms. The van der Waals surface area contributed by atoms with E-state index in [1.165, 1.54) is 4.90 Å². The monoisotopic (exact) mass is 234 g/mol. The minimum atomic E-state index is -0.467. The Morgan fingerprint density at radius 1 is 1.33 bits per heavy atom. The first-order valence-electron chi connectivity index (χ1n) is 5.01. The van der Waals surface area contributed by atoms with Gasteiger partial charge in [0.25, 0.3) is 0 Å². The SMILES string of the molecule is CC(C)CC(C)N(C)C(=O)NC(=O)CCl. The summed E-state index contributed by atoms with van der Waals surface area (Å²) in [6.45, 7) is 6.13. The Hall–Kier alpha value is -0.770. The van der Waals surface area contributed by atoms with Gasteiger partial charge in [0.05, 0.1) is 0 Å². The number of nitrogens with one attached hydrogen (secondary N) is 1. The Labute approximate surface area is 96.0 Å². The number of carbonyl (C=O) groups excluding carboxylic acids is 2. The van der Waals surface area contributed by atoms with Gasteiger partial charge >= 0.3 is 6.03 Å². The summed E-state index contributed by atoms with van der Waals surface area (Å²) in [5.41, 5.74) is 0. The zero-order valence-corrected chi connectivity index (χ0v) is 10.5. The Bertz CT molecular complexity index is 231. The Morgan fingerprint density at radius 3 is 2.27 bits per heavy atom. The number of amides is 3. The van der Waals surface area contributed by atoms with Crippen LogP contribution in [0.15, 0.2) is 0 Å². The lowest BCUT2D eigenvalue weighted by Crippen LogP contribution is -2.45. The number of nitrogens with zero attached hydrogens (tertiary/aromatic N) is 1. The van der Waals surface area contributed by atoms with Gasteiger partial charge in [-0.05, 0) is 19.3 Å². The van der Waals surface area contributed by atoms with Crippen LogP contribution in [0, 0.1) is 5.92 Å². The molecule has 3 amide bonds. The van der Waals surface area contributed by atoms with Gasteiger partial charge in [-0.15, -0.1) is 11.6 Å². The van der Waals surface area contributed by atoms with Crippen molar-refractivity contribution in [3.8, 4) is 0 Å². The third-order valence-electron chi connectivity index (χ3n) is 2.16. The maximum Gasteiger partial charge on any atom is 0.324 e. The summed E-state index contributed by atoms with van der Waals surface area (Å²) in [5.74, 6) is -0.151. The van der Waals surface area contributed by atoms with E-state index in [1.807, 2.05) is 6.92 Å². The van der Waals surface area contributed by atoms with E-state index in [0.29, 0.717) is 5.92 Å². The first-order valence-corrected chi connectivity index (χ1v) is 5.54. The van der Waals surface area contributed by atoms with Crippen molar-refractivity contribution in [2.45, 2.75) is 33.2 Å². The molecule has 0 aliphatic heterocycles. The van der Waals surface area contributed by atoms with Crippen LogP contribution in [0.1, 0.15) is 27.2 Å². The van der Waals surface area contributed by atoms with Crippen molar-refractivity contribution in [2.75, 3.05) is 12.9 Å². The van der Waals surface area contributed by atoms with Crippen molar-refractivity contribution in [3.05, 3.63) is 0 Å². The molecule has 0 aromatic rings. The van der Waals surface area contributed by atoms with Crippen molar-refractivity contribution < 1.29 is 9.59 Å². The quantitative estimate of drug-likeness (QED) is 0.755. The number of imide groups is 1. The van der Waals surface area contributed by atoms with Crippen LogP contribution in [0.3, 0.4) is 0 Å². The molecule has 1 N–H and O–H groups in total. The van der Waals surface area contributed by atoms with Gasteiger partial charge in [0.15, 0.2) is 0 Å². The fraction of sp³-hybridized carbons (Fsp3) is 0.800. The molecule has 1 unspecified atom stereocenters. The van der Waals surface area contributed by atoms with E-state index in [2.05, 4.69) is 19.2 Å².